The van der Waals surface area contributed by atoms with Gasteiger partial charge < -0.3 is 9.73 Å². The van der Waals surface area contributed by atoms with Crippen molar-refractivity contribution in [3.05, 3.63) is 76.8 Å². The molecule has 7 heteroatoms. The van der Waals surface area contributed by atoms with Crippen molar-refractivity contribution in [2.24, 2.45) is 4.99 Å². The number of nitrogens with one attached hydrogen (secondary N) is 1. The van der Waals surface area contributed by atoms with E-state index >= 15 is 0 Å². The molecule has 0 saturated heterocycles. The van der Waals surface area contributed by atoms with E-state index in [4.69, 9.17) is 9.68 Å². The largest absolute Gasteiger partial charge is 0.472 e. The number of nitrogens with zero attached hydrogens (tertiary/aromatic N) is 4. The monoisotopic (exact) mass is 343 g/mol. The number of aliphatic imine (C=N–C) groups is 1. The van der Waals surface area contributed by atoms with E-state index in [-0.39, 0.29) is 11.4 Å². The zero-order chi connectivity index (χ0) is 18.1. The number of aryl methyl sites for hydroxylation is 1. The van der Waals surface area contributed by atoms with Crippen LogP contribution < -0.4 is 5.32 Å². The van der Waals surface area contributed by atoms with Crippen LogP contribution in [0.2, 0.25) is 0 Å². The maximum atomic E-state index is 12.5. The Morgan fingerprint density at radius 1 is 1.35 bits per heavy atom. The minimum Gasteiger partial charge on any atom is -0.472 e. The van der Waals surface area contributed by atoms with Gasteiger partial charge in [0.1, 0.15) is 6.07 Å². The Hall–Kier alpha value is -3.79. The lowest BCUT2D eigenvalue weighted by Gasteiger charge is -2.09. The predicted molar refractivity (Wildman–Crippen MR) is 93.9 cm³/mol. The van der Waals surface area contributed by atoms with Gasteiger partial charge in [0.25, 0.3) is 5.91 Å². The zero-order valence-electron chi connectivity index (χ0n) is 13.9. The molecule has 26 heavy (non-hydrogen) atoms. The molecule has 3 heterocycles. The molecule has 0 spiro atoms. The van der Waals surface area contributed by atoms with Crippen molar-refractivity contribution in [2.75, 3.05) is 5.32 Å². The van der Waals surface area contributed by atoms with Crippen molar-refractivity contribution >= 4 is 17.3 Å². The number of amides is 1. The Morgan fingerprint density at radius 3 is 3.00 bits per heavy atom. The fourth-order valence-corrected chi connectivity index (χ4v) is 2.82. The molecule has 1 aliphatic rings. The van der Waals surface area contributed by atoms with Crippen LogP contribution in [0, 0.1) is 18.3 Å². The maximum Gasteiger partial charge on any atom is 0.276 e. The first kappa shape index (κ1) is 15.7. The molecule has 0 bridgehead atoms. The van der Waals surface area contributed by atoms with E-state index in [9.17, 15) is 4.79 Å². The number of furan rings is 1. The number of hydrogen-bond donors (Lipinski definition) is 1. The van der Waals surface area contributed by atoms with Gasteiger partial charge in [-0.3, -0.25) is 14.8 Å². The SMILES string of the molecule is Cc1ncc(C#N)nc1C(=O)Nc1ccc2c(c1)C(c1ccoc1)=NC2. The van der Waals surface area contributed by atoms with Crippen molar-refractivity contribution < 1.29 is 9.21 Å². The van der Waals surface area contributed by atoms with Gasteiger partial charge >= 0.3 is 0 Å². The number of benzene rings is 1. The summed E-state index contributed by atoms with van der Waals surface area (Å²) in [4.78, 5) is 25.2. The van der Waals surface area contributed by atoms with Crippen LogP contribution in [0.4, 0.5) is 5.69 Å². The van der Waals surface area contributed by atoms with Gasteiger partial charge in [-0.2, -0.15) is 5.26 Å². The van der Waals surface area contributed by atoms with Gasteiger partial charge in [0.2, 0.25) is 0 Å². The highest BCUT2D eigenvalue weighted by Crippen LogP contribution is 2.26. The first-order chi connectivity index (χ1) is 12.7. The lowest BCUT2D eigenvalue weighted by Crippen LogP contribution is -2.17. The molecular formula is C19H13N5O2. The van der Waals surface area contributed by atoms with Crippen LogP contribution in [0.5, 0.6) is 0 Å². The van der Waals surface area contributed by atoms with Gasteiger partial charge in [0.05, 0.1) is 36.7 Å². The van der Waals surface area contributed by atoms with Crippen molar-refractivity contribution in [1.29, 1.82) is 5.26 Å². The fourth-order valence-electron chi connectivity index (χ4n) is 2.82. The summed E-state index contributed by atoms with van der Waals surface area (Å²) in [5.41, 5.74) is 5.10. The van der Waals surface area contributed by atoms with E-state index in [0.717, 1.165) is 22.4 Å². The van der Waals surface area contributed by atoms with Gasteiger partial charge in [-0.05, 0) is 30.7 Å². The Kier molecular flexibility index (Phi) is 3.78. The molecule has 0 unspecified atom stereocenters. The van der Waals surface area contributed by atoms with Crippen LogP contribution in [-0.4, -0.2) is 21.6 Å². The molecule has 7 nitrogen and oxygen atoms in total. The zero-order valence-corrected chi connectivity index (χ0v) is 13.9. The van der Waals surface area contributed by atoms with Gasteiger partial charge in [-0.25, -0.2) is 4.98 Å². The van der Waals surface area contributed by atoms with E-state index in [1.54, 1.807) is 19.5 Å². The molecule has 4 rings (SSSR count). The van der Waals surface area contributed by atoms with Crippen LogP contribution in [0.15, 0.2) is 52.4 Å². The smallest absolute Gasteiger partial charge is 0.276 e. The van der Waals surface area contributed by atoms with Gasteiger partial charge in [0.15, 0.2) is 11.4 Å². The predicted octanol–water partition coefficient (Wildman–Crippen LogP) is 2.85. The van der Waals surface area contributed by atoms with Gasteiger partial charge in [-0.1, -0.05) is 6.07 Å². The second-order valence-corrected chi connectivity index (χ2v) is 5.80. The summed E-state index contributed by atoms with van der Waals surface area (Å²) in [7, 11) is 0. The van der Waals surface area contributed by atoms with Crippen molar-refractivity contribution in [3.8, 4) is 6.07 Å². The third kappa shape index (κ3) is 2.74. The molecule has 2 aromatic heterocycles. The molecule has 0 fully saturated rings. The molecule has 1 aromatic carbocycles. The van der Waals surface area contributed by atoms with E-state index < -0.39 is 5.91 Å². The second kappa shape index (κ2) is 6.26. The number of aromatic nitrogens is 2. The first-order valence-corrected chi connectivity index (χ1v) is 7.91. The highest BCUT2D eigenvalue weighted by atomic mass is 16.3. The summed E-state index contributed by atoms with van der Waals surface area (Å²) in [5.74, 6) is -0.410. The lowest BCUT2D eigenvalue weighted by atomic mass is 10.0. The number of carbonyl (C=O) groups excluding carboxylic acids is 1. The van der Waals surface area contributed by atoms with Gasteiger partial charge in [-0.15, -0.1) is 0 Å². The van der Waals surface area contributed by atoms with Crippen LogP contribution in [0.3, 0.4) is 0 Å². The fraction of sp³-hybridized carbons (Fsp3) is 0.105. The molecule has 1 N–H and O–H groups in total. The molecule has 1 amide bonds. The molecule has 3 aromatic rings. The summed E-state index contributed by atoms with van der Waals surface area (Å²) in [6.45, 7) is 2.27. The minimum absolute atomic E-state index is 0.101. The lowest BCUT2D eigenvalue weighted by molar-refractivity contribution is 0.102. The molecule has 126 valence electrons. The van der Waals surface area contributed by atoms with Gasteiger partial charge in [0, 0.05) is 16.8 Å². The molecule has 0 atom stereocenters. The molecule has 0 aliphatic carbocycles. The van der Waals surface area contributed by atoms with E-state index in [1.165, 1.54) is 6.20 Å². The van der Waals surface area contributed by atoms with Crippen LogP contribution >= 0.6 is 0 Å². The summed E-state index contributed by atoms with van der Waals surface area (Å²) in [6, 6.07) is 9.38. The number of hydrogen-bond acceptors (Lipinski definition) is 6. The topological polar surface area (TPSA) is 104 Å². The average molecular weight is 343 g/mol. The highest BCUT2D eigenvalue weighted by molar-refractivity contribution is 6.15. The number of rotatable bonds is 3. The number of fused-ring (bicyclic) bond motifs is 1. The average Bonchev–Trinajstić information content (AvgIpc) is 3.31. The standard InChI is InChI=1S/C19H13N5O2/c1-11-17(23-15(7-20)9-21-11)19(25)24-14-3-2-12-8-22-18(16(12)6-14)13-4-5-26-10-13/h2-6,9-10H,8H2,1H3,(H,24,25). The first-order valence-electron chi connectivity index (χ1n) is 7.91. The summed E-state index contributed by atoms with van der Waals surface area (Å²) >= 11 is 0. The van der Waals surface area contributed by atoms with Crippen LogP contribution in [-0.2, 0) is 6.54 Å². The quantitative estimate of drug-likeness (QED) is 0.787. The Labute approximate surface area is 149 Å². The molecular weight excluding hydrogens is 330 g/mol. The van der Waals surface area contributed by atoms with Crippen LogP contribution in [0.25, 0.3) is 0 Å². The van der Waals surface area contributed by atoms with Crippen molar-refractivity contribution in [2.45, 2.75) is 13.5 Å². The maximum absolute atomic E-state index is 12.5. The molecule has 0 radical (unpaired) electrons. The molecule has 1 aliphatic heterocycles. The summed E-state index contributed by atoms with van der Waals surface area (Å²) in [5, 5.41) is 11.8. The third-order valence-electron chi connectivity index (χ3n) is 4.11. The molecule has 0 saturated carbocycles. The Balaban J connectivity index is 1.63. The van der Waals surface area contributed by atoms with E-state index in [0.29, 0.717) is 17.9 Å². The van der Waals surface area contributed by atoms with Crippen LogP contribution in [0.1, 0.15) is 38.6 Å². The van der Waals surface area contributed by atoms with Crippen molar-refractivity contribution in [1.82, 2.24) is 9.97 Å². The number of nitriles is 1. The Bertz CT molecular complexity index is 1080. The Morgan fingerprint density at radius 2 is 2.23 bits per heavy atom. The minimum atomic E-state index is -0.410. The van der Waals surface area contributed by atoms with E-state index in [1.807, 2.05) is 30.3 Å². The van der Waals surface area contributed by atoms with E-state index in [2.05, 4.69) is 20.3 Å². The van der Waals surface area contributed by atoms with Crippen molar-refractivity contribution in [3.63, 3.8) is 0 Å². The summed E-state index contributed by atoms with van der Waals surface area (Å²) < 4.78 is 5.14. The third-order valence-corrected chi connectivity index (χ3v) is 4.11. The number of anilines is 1. The normalized spacial score (nSPS) is 12.2. The number of carbonyl (C=O) groups is 1. The highest BCUT2D eigenvalue weighted by Gasteiger charge is 2.20. The second-order valence-electron chi connectivity index (χ2n) is 5.80. The summed E-state index contributed by atoms with van der Waals surface area (Å²) in [6.07, 6.45) is 4.59.